The number of imidazole rings is 1. The third-order valence-electron chi connectivity index (χ3n) is 2.42. The van der Waals surface area contributed by atoms with Crippen LogP contribution in [0.4, 0.5) is 4.79 Å². The molecule has 0 bridgehead atoms. The molecule has 1 aromatic heterocycles. The highest BCUT2D eigenvalue weighted by Crippen LogP contribution is 1.93. The van der Waals surface area contributed by atoms with Crippen molar-refractivity contribution in [2.24, 2.45) is 0 Å². The Morgan fingerprint density at radius 1 is 1.30 bits per heavy atom. The minimum absolute atomic E-state index is 0.337. The van der Waals surface area contributed by atoms with Gasteiger partial charge in [0.2, 0.25) is 0 Å². The molecule has 0 saturated carbocycles. The zero-order chi connectivity index (χ0) is 15.0. The summed E-state index contributed by atoms with van der Waals surface area (Å²) in [7, 11) is 0. The van der Waals surface area contributed by atoms with Gasteiger partial charge < -0.3 is 25.4 Å². The van der Waals surface area contributed by atoms with Gasteiger partial charge in [-0.2, -0.15) is 0 Å². The molecule has 1 rings (SSSR count). The highest BCUT2D eigenvalue weighted by atomic mass is 16.4. The lowest BCUT2D eigenvalue weighted by molar-refractivity contribution is -0.145. The van der Waals surface area contributed by atoms with Gasteiger partial charge in [0.05, 0.1) is 12.7 Å². The first-order valence-electron chi connectivity index (χ1n) is 5.93. The number of rotatable bonds is 8. The molecule has 20 heavy (non-hydrogen) atoms. The predicted octanol–water partition coefficient (Wildman–Crippen LogP) is -0.500. The van der Waals surface area contributed by atoms with Crippen molar-refractivity contribution < 1.29 is 24.6 Å². The topological polar surface area (TPSA) is 134 Å². The fraction of sp³-hybridized carbons (Fsp3) is 0.455. The van der Waals surface area contributed by atoms with Crippen LogP contribution in [0.1, 0.15) is 12.8 Å². The summed E-state index contributed by atoms with van der Waals surface area (Å²) >= 11 is 0. The minimum Gasteiger partial charge on any atom is -0.481 e. The van der Waals surface area contributed by atoms with E-state index in [-0.39, 0.29) is 0 Å². The van der Waals surface area contributed by atoms with Gasteiger partial charge >= 0.3 is 18.0 Å². The Morgan fingerprint density at radius 2 is 2.05 bits per heavy atom. The number of carbonyl (C=O) groups excluding carboxylic acids is 1. The molecule has 0 aliphatic carbocycles. The molecule has 9 heteroatoms. The Morgan fingerprint density at radius 3 is 2.60 bits per heavy atom. The molecule has 4 N–H and O–H groups in total. The van der Waals surface area contributed by atoms with Crippen LogP contribution in [-0.4, -0.2) is 50.3 Å². The van der Waals surface area contributed by atoms with Crippen molar-refractivity contribution in [1.82, 2.24) is 20.2 Å². The van der Waals surface area contributed by atoms with E-state index in [1.807, 2.05) is 4.57 Å². The molecule has 0 unspecified atom stereocenters. The van der Waals surface area contributed by atoms with Crippen LogP contribution in [0.25, 0.3) is 0 Å². The zero-order valence-corrected chi connectivity index (χ0v) is 10.7. The average Bonchev–Trinajstić information content (AvgIpc) is 2.86. The number of carboxylic acid groups (broad SMARTS) is 2. The summed E-state index contributed by atoms with van der Waals surface area (Å²) in [6, 6.07) is -2.15. The molecular formula is C11H16N4O5. The first kappa shape index (κ1) is 15.5. The maximum atomic E-state index is 11.4. The molecule has 1 heterocycles. The van der Waals surface area contributed by atoms with E-state index in [1.165, 1.54) is 0 Å². The van der Waals surface area contributed by atoms with Crippen LogP contribution in [0.2, 0.25) is 0 Å². The van der Waals surface area contributed by atoms with Gasteiger partial charge in [0.25, 0.3) is 0 Å². The molecule has 1 atom stereocenters. The van der Waals surface area contributed by atoms with Gasteiger partial charge in [-0.1, -0.05) is 0 Å². The molecule has 0 aliphatic heterocycles. The average molecular weight is 284 g/mol. The van der Waals surface area contributed by atoms with E-state index in [9.17, 15) is 14.4 Å². The largest absolute Gasteiger partial charge is 0.481 e. The second-order valence-electron chi connectivity index (χ2n) is 4.04. The summed E-state index contributed by atoms with van der Waals surface area (Å²) in [5, 5.41) is 21.8. The van der Waals surface area contributed by atoms with Gasteiger partial charge in [0.15, 0.2) is 0 Å². The maximum Gasteiger partial charge on any atom is 0.326 e. The van der Waals surface area contributed by atoms with Crippen molar-refractivity contribution in [3.05, 3.63) is 18.7 Å². The van der Waals surface area contributed by atoms with Crippen LogP contribution >= 0.6 is 0 Å². The molecule has 9 nitrogen and oxygen atoms in total. The zero-order valence-electron chi connectivity index (χ0n) is 10.7. The van der Waals surface area contributed by atoms with E-state index >= 15 is 0 Å². The fourth-order valence-electron chi connectivity index (χ4n) is 1.47. The number of amides is 2. The molecule has 1 aromatic rings. The first-order chi connectivity index (χ1) is 9.49. The number of aromatic nitrogens is 2. The normalized spacial score (nSPS) is 11.6. The molecule has 0 radical (unpaired) electrons. The molecule has 2 amide bonds. The van der Waals surface area contributed by atoms with Gasteiger partial charge in [0, 0.05) is 25.5 Å². The Kier molecular flexibility index (Phi) is 6.01. The summed E-state index contributed by atoms with van der Waals surface area (Å²) in [6.07, 6.45) is 5.04. The van der Waals surface area contributed by atoms with Crippen LogP contribution in [0.15, 0.2) is 18.7 Å². The van der Waals surface area contributed by atoms with E-state index in [4.69, 9.17) is 10.2 Å². The van der Waals surface area contributed by atoms with Crippen molar-refractivity contribution >= 4 is 18.0 Å². The fourth-order valence-corrected chi connectivity index (χ4v) is 1.47. The third-order valence-corrected chi connectivity index (χ3v) is 2.42. The summed E-state index contributed by atoms with van der Waals surface area (Å²) in [5.74, 6) is -2.68. The van der Waals surface area contributed by atoms with Crippen LogP contribution in [0, 0.1) is 0 Å². The van der Waals surface area contributed by atoms with Crippen molar-refractivity contribution in [3.8, 4) is 0 Å². The van der Waals surface area contributed by atoms with Crippen LogP contribution in [0.5, 0.6) is 0 Å². The Balaban J connectivity index is 2.24. The summed E-state index contributed by atoms with van der Waals surface area (Å²) in [4.78, 5) is 36.5. The summed E-state index contributed by atoms with van der Waals surface area (Å²) in [6.45, 7) is 1.00. The number of nitrogens with zero attached hydrogens (tertiary/aromatic N) is 2. The van der Waals surface area contributed by atoms with Crippen molar-refractivity contribution in [1.29, 1.82) is 0 Å². The lowest BCUT2D eigenvalue weighted by Crippen LogP contribution is -2.47. The molecule has 110 valence electrons. The van der Waals surface area contributed by atoms with Crippen molar-refractivity contribution in [2.75, 3.05) is 6.54 Å². The van der Waals surface area contributed by atoms with E-state index < -0.39 is 30.4 Å². The highest BCUT2D eigenvalue weighted by Gasteiger charge is 2.22. The smallest absolute Gasteiger partial charge is 0.326 e. The van der Waals surface area contributed by atoms with Gasteiger partial charge in [0.1, 0.15) is 6.04 Å². The monoisotopic (exact) mass is 284 g/mol. The minimum atomic E-state index is -1.44. The summed E-state index contributed by atoms with van der Waals surface area (Å²) in [5.41, 5.74) is 0. The highest BCUT2D eigenvalue weighted by molar-refractivity contribution is 5.86. The van der Waals surface area contributed by atoms with Gasteiger partial charge in [-0.3, -0.25) is 4.79 Å². The second kappa shape index (κ2) is 7.77. The van der Waals surface area contributed by atoms with E-state index in [2.05, 4.69) is 15.6 Å². The maximum absolute atomic E-state index is 11.4. The van der Waals surface area contributed by atoms with Crippen LogP contribution < -0.4 is 10.6 Å². The number of hydrogen-bond acceptors (Lipinski definition) is 4. The quantitative estimate of drug-likeness (QED) is 0.475. The molecule has 0 spiro atoms. The number of aryl methyl sites for hydroxylation is 1. The number of urea groups is 1. The van der Waals surface area contributed by atoms with Crippen LogP contribution in [0.3, 0.4) is 0 Å². The number of hydrogen-bond donors (Lipinski definition) is 4. The SMILES string of the molecule is O=C(O)C[C@H](NC(=O)NCCCn1ccnc1)C(=O)O. The number of carbonyl (C=O) groups is 3. The van der Waals surface area contributed by atoms with Gasteiger partial charge in [-0.05, 0) is 6.42 Å². The molecular weight excluding hydrogens is 268 g/mol. The van der Waals surface area contributed by atoms with Crippen molar-refractivity contribution in [2.45, 2.75) is 25.4 Å². The first-order valence-corrected chi connectivity index (χ1v) is 5.93. The predicted molar refractivity (Wildman–Crippen MR) is 67.1 cm³/mol. The number of aliphatic carboxylic acids is 2. The van der Waals surface area contributed by atoms with Gasteiger partial charge in [-0.25, -0.2) is 14.6 Å². The lowest BCUT2D eigenvalue weighted by Gasteiger charge is -2.13. The Bertz CT molecular complexity index is 459. The second-order valence-corrected chi connectivity index (χ2v) is 4.04. The number of carboxylic acids is 2. The molecule has 0 aromatic carbocycles. The lowest BCUT2D eigenvalue weighted by atomic mass is 10.2. The third kappa shape index (κ3) is 5.85. The van der Waals surface area contributed by atoms with E-state index in [1.54, 1.807) is 18.7 Å². The standard InChI is InChI=1S/C11H16N4O5/c16-9(17)6-8(10(18)19)14-11(20)13-2-1-4-15-5-3-12-7-15/h3,5,7-8H,1-2,4,6H2,(H,16,17)(H,18,19)(H2,13,14,20)/t8-/m0/s1. The molecule has 0 saturated heterocycles. The van der Waals surface area contributed by atoms with Crippen molar-refractivity contribution in [3.63, 3.8) is 0 Å². The van der Waals surface area contributed by atoms with E-state index in [0.29, 0.717) is 19.5 Å². The van der Waals surface area contributed by atoms with E-state index in [0.717, 1.165) is 0 Å². The van der Waals surface area contributed by atoms with Gasteiger partial charge in [-0.15, -0.1) is 0 Å². The molecule has 0 fully saturated rings. The Hall–Kier alpha value is -2.58. The molecule has 0 aliphatic rings. The van der Waals surface area contributed by atoms with Crippen LogP contribution in [-0.2, 0) is 16.1 Å². The number of nitrogens with one attached hydrogen (secondary N) is 2. The Labute approximate surface area is 114 Å². The summed E-state index contributed by atoms with van der Waals surface area (Å²) < 4.78 is 1.84.